The van der Waals surface area contributed by atoms with Gasteiger partial charge >= 0.3 is 18.2 Å². The summed E-state index contributed by atoms with van der Waals surface area (Å²) in [5.74, 6) is -2.33. The maximum atomic E-state index is 13.7. The topological polar surface area (TPSA) is 69.6 Å². The molecule has 3 aromatic rings. The van der Waals surface area contributed by atoms with Crippen LogP contribution in [-0.2, 0) is 24.1 Å². The van der Waals surface area contributed by atoms with Crippen LogP contribution in [0.5, 0.6) is 0 Å². The van der Waals surface area contributed by atoms with Crippen LogP contribution >= 0.6 is 0 Å². The van der Waals surface area contributed by atoms with Crippen LogP contribution in [0.1, 0.15) is 47.6 Å². The lowest BCUT2D eigenvalue weighted by atomic mass is 9.91. The number of amides is 2. The van der Waals surface area contributed by atoms with Gasteiger partial charge in [-0.15, -0.1) is 0 Å². The molecule has 0 aromatic heterocycles. The number of aryl methyl sites for hydroxylation is 1. The van der Waals surface area contributed by atoms with Crippen LogP contribution in [0.15, 0.2) is 66.7 Å². The first-order valence-electron chi connectivity index (χ1n) is 11.6. The summed E-state index contributed by atoms with van der Waals surface area (Å²) in [6.07, 6.45) is -4.64. The summed E-state index contributed by atoms with van der Waals surface area (Å²) in [6.45, 7) is 5.96. The molecule has 3 rings (SSSR count). The van der Waals surface area contributed by atoms with E-state index in [-0.39, 0.29) is 23.7 Å². The number of hydrogen-bond acceptors (Lipinski definition) is 2. The fourth-order valence-electron chi connectivity index (χ4n) is 3.92. The van der Waals surface area contributed by atoms with E-state index in [2.05, 4.69) is 5.32 Å². The van der Waals surface area contributed by atoms with E-state index in [1.54, 1.807) is 17.0 Å². The number of aliphatic carboxylic acids is 1. The molecule has 8 heteroatoms. The van der Waals surface area contributed by atoms with E-state index in [1.165, 1.54) is 13.0 Å². The lowest BCUT2D eigenvalue weighted by molar-refractivity contribution is -0.139. The van der Waals surface area contributed by atoms with Crippen molar-refractivity contribution in [3.05, 3.63) is 94.5 Å². The highest BCUT2D eigenvalue weighted by Crippen LogP contribution is 2.36. The van der Waals surface area contributed by atoms with Gasteiger partial charge in [0.2, 0.25) is 0 Å². The molecule has 0 radical (unpaired) electrons. The predicted octanol–water partition coefficient (Wildman–Crippen LogP) is 6.60. The van der Waals surface area contributed by atoms with E-state index in [1.807, 2.05) is 50.2 Å². The zero-order valence-corrected chi connectivity index (χ0v) is 20.4. The van der Waals surface area contributed by atoms with Crippen LogP contribution in [-0.4, -0.2) is 28.6 Å². The summed E-state index contributed by atoms with van der Waals surface area (Å²) < 4.78 is 41.0. The highest BCUT2D eigenvalue weighted by molar-refractivity contribution is 5.78. The Balaban J connectivity index is 1.97. The van der Waals surface area contributed by atoms with Crippen LogP contribution in [0.2, 0.25) is 0 Å². The molecule has 2 N–H and O–H groups in total. The number of alkyl halides is 3. The van der Waals surface area contributed by atoms with E-state index in [9.17, 15) is 27.9 Å². The maximum Gasteiger partial charge on any atom is 0.416 e. The van der Waals surface area contributed by atoms with Crippen LogP contribution in [0, 0.1) is 6.92 Å². The number of carbonyl (C=O) groups is 2. The van der Waals surface area contributed by atoms with Crippen molar-refractivity contribution < 1.29 is 27.9 Å². The van der Waals surface area contributed by atoms with Gasteiger partial charge in [-0.25, -0.2) is 4.79 Å². The molecule has 3 aromatic carbocycles. The summed E-state index contributed by atoms with van der Waals surface area (Å²) in [7, 11) is 0. The number of carbonyl (C=O) groups excluding carboxylic acids is 1. The summed E-state index contributed by atoms with van der Waals surface area (Å²) >= 11 is 0. The number of urea groups is 1. The molecule has 0 spiro atoms. The van der Waals surface area contributed by atoms with Crippen LogP contribution in [0.3, 0.4) is 0 Å². The van der Waals surface area contributed by atoms with Gasteiger partial charge in [0.15, 0.2) is 0 Å². The molecular formula is C28H29F3N2O3. The first kappa shape index (κ1) is 26.8. The lowest BCUT2D eigenvalue weighted by Crippen LogP contribution is -2.39. The Bertz CT molecular complexity index is 1230. The minimum atomic E-state index is -4.64. The zero-order valence-electron chi connectivity index (χ0n) is 20.4. The molecule has 0 fully saturated rings. The number of halogens is 3. The Morgan fingerprint density at radius 2 is 1.72 bits per heavy atom. The molecule has 190 valence electrons. The average molecular weight is 499 g/mol. The fraction of sp³-hybridized carbons (Fsp3) is 0.286. The molecule has 0 saturated carbocycles. The van der Waals surface area contributed by atoms with Crippen molar-refractivity contribution in [2.24, 2.45) is 0 Å². The number of hydrogen-bond donors (Lipinski definition) is 2. The van der Waals surface area contributed by atoms with E-state index < -0.39 is 23.6 Å². The first-order chi connectivity index (χ1) is 17.0. The maximum absolute atomic E-state index is 13.7. The third kappa shape index (κ3) is 6.65. The van der Waals surface area contributed by atoms with Gasteiger partial charge in [-0.1, -0.05) is 60.2 Å². The van der Waals surface area contributed by atoms with Crippen molar-refractivity contribution in [2.75, 3.05) is 6.54 Å². The summed E-state index contributed by atoms with van der Waals surface area (Å²) in [6, 6.07) is 17.9. The zero-order chi connectivity index (χ0) is 26.5. The van der Waals surface area contributed by atoms with Crippen molar-refractivity contribution in [1.82, 2.24) is 10.2 Å². The number of rotatable bonds is 8. The van der Waals surface area contributed by atoms with Gasteiger partial charge in [0.05, 0.1) is 11.5 Å². The van der Waals surface area contributed by atoms with Gasteiger partial charge in [0.25, 0.3) is 0 Å². The highest BCUT2D eigenvalue weighted by Gasteiger charge is 2.32. The average Bonchev–Trinajstić information content (AvgIpc) is 2.85. The third-order valence-electron chi connectivity index (χ3n) is 6.04. The minimum absolute atomic E-state index is 0.0619. The second kappa shape index (κ2) is 11.3. The predicted molar refractivity (Wildman–Crippen MR) is 132 cm³/mol. The third-order valence-corrected chi connectivity index (χ3v) is 6.04. The standard InChI is InChI=1S/C28H29F3N2O3/c1-4-33(27(36)32-16-20-8-6-5-7-9-20)17-23-12-18(2)10-11-25(23)22-13-21(19(3)26(34)35)14-24(15-22)28(29,30)31/h5-15,19H,4,16-17H2,1-3H3,(H,32,36)(H,34,35)/t19-/m0/s1. The Hall–Kier alpha value is -3.81. The molecule has 0 bridgehead atoms. The number of benzene rings is 3. The number of carboxylic acids is 1. The Morgan fingerprint density at radius 3 is 2.33 bits per heavy atom. The summed E-state index contributed by atoms with van der Waals surface area (Å²) in [4.78, 5) is 26.0. The quantitative estimate of drug-likeness (QED) is 0.368. The lowest BCUT2D eigenvalue weighted by Gasteiger charge is -2.24. The molecule has 5 nitrogen and oxygen atoms in total. The van der Waals surface area contributed by atoms with Gasteiger partial charge in [-0.3, -0.25) is 4.79 Å². The Labute approximate surface area is 208 Å². The molecule has 0 aliphatic rings. The van der Waals surface area contributed by atoms with Crippen LogP contribution < -0.4 is 5.32 Å². The van der Waals surface area contributed by atoms with Gasteiger partial charge < -0.3 is 15.3 Å². The van der Waals surface area contributed by atoms with Gasteiger partial charge in [0, 0.05) is 19.6 Å². The minimum Gasteiger partial charge on any atom is -0.481 e. The summed E-state index contributed by atoms with van der Waals surface area (Å²) in [5, 5.41) is 12.3. The van der Waals surface area contributed by atoms with E-state index in [0.29, 0.717) is 24.2 Å². The molecule has 0 aliphatic carbocycles. The highest BCUT2D eigenvalue weighted by atomic mass is 19.4. The second-order valence-corrected chi connectivity index (χ2v) is 8.72. The van der Waals surface area contributed by atoms with Crippen LogP contribution in [0.25, 0.3) is 11.1 Å². The molecule has 0 aliphatic heterocycles. The van der Waals surface area contributed by atoms with Crippen molar-refractivity contribution in [1.29, 1.82) is 0 Å². The monoisotopic (exact) mass is 498 g/mol. The van der Waals surface area contributed by atoms with Crippen molar-refractivity contribution in [3.8, 4) is 11.1 Å². The second-order valence-electron chi connectivity index (χ2n) is 8.72. The van der Waals surface area contributed by atoms with E-state index in [0.717, 1.165) is 23.3 Å². The fourth-order valence-corrected chi connectivity index (χ4v) is 3.92. The van der Waals surface area contributed by atoms with Gasteiger partial charge in [-0.2, -0.15) is 13.2 Å². The normalized spacial score (nSPS) is 12.2. The molecule has 0 saturated heterocycles. The SMILES string of the molecule is CCN(Cc1cc(C)ccc1-c1cc([C@H](C)C(=O)O)cc(C(F)(F)F)c1)C(=O)NCc1ccccc1. The van der Waals surface area contributed by atoms with Gasteiger partial charge in [0.1, 0.15) is 0 Å². The molecule has 0 unspecified atom stereocenters. The number of carboxylic acid groups (broad SMARTS) is 1. The number of nitrogens with one attached hydrogen (secondary N) is 1. The van der Waals surface area contributed by atoms with Crippen molar-refractivity contribution >= 4 is 12.0 Å². The Kier molecular flexibility index (Phi) is 8.40. The van der Waals surface area contributed by atoms with E-state index >= 15 is 0 Å². The van der Waals surface area contributed by atoms with E-state index in [4.69, 9.17) is 0 Å². The van der Waals surface area contributed by atoms with Crippen LogP contribution in [0.4, 0.5) is 18.0 Å². The summed E-state index contributed by atoms with van der Waals surface area (Å²) in [5.41, 5.74) is 2.42. The smallest absolute Gasteiger partial charge is 0.416 e. The largest absolute Gasteiger partial charge is 0.481 e. The van der Waals surface area contributed by atoms with Crippen molar-refractivity contribution in [3.63, 3.8) is 0 Å². The molecule has 0 heterocycles. The first-order valence-corrected chi connectivity index (χ1v) is 11.6. The Morgan fingerprint density at radius 1 is 1.03 bits per heavy atom. The molecule has 36 heavy (non-hydrogen) atoms. The number of nitrogens with zero attached hydrogens (tertiary/aromatic N) is 1. The molecule has 1 atom stereocenters. The molecular weight excluding hydrogens is 469 g/mol. The van der Waals surface area contributed by atoms with Gasteiger partial charge in [-0.05, 0) is 60.7 Å². The molecule has 2 amide bonds. The van der Waals surface area contributed by atoms with Crippen molar-refractivity contribution in [2.45, 2.75) is 46.0 Å².